The summed E-state index contributed by atoms with van der Waals surface area (Å²) in [5.41, 5.74) is 18.8. The monoisotopic (exact) mass is 1080 g/mol. The van der Waals surface area contributed by atoms with Gasteiger partial charge < -0.3 is 39.4 Å². The number of hydrogen-bond acceptors (Lipinski definition) is 10. The lowest BCUT2D eigenvalue weighted by molar-refractivity contribution is -0.00436. The quantitative estimate of drug-likeness (QED) is 0.0538. The predicted molar refractivity (Wildman–Crippen MR) is 311 cm³/mol. The van der Waals surface area contributed by atoms with Crippen LogP contribution in [0.15, 0.2) is 199 Å². The van der Waals surface area contributed by atoms with E-state index in [4.69, 9.17) is 29.2 Å². The molecule has 8 aromatic carbocycles. The molecule has 1 aliphatic rings. The molecule has 0 spiro atoms. The molecule has 9 rings (SSSR count). The van der Waals surface area contributed by atoms with Crippen LogP contribution in [0, 0.1) is 0 Å². The summed E-state index contributed by atoms with van der Waals surface area (Å²) in [6, 6.07) is 61.6. The highest BCUT2D eigenvalue weighted by Gasteiger charge is 2.37. The van der Waals surface area contributed by atoms with Crippen molar-refractivity contribution in [3.63, 3.8) is 0 Å². The number of ether oxygens (including phenoxy) is 5. The summed E-state index contributed by atoms with van der Waals surface area (Å²) in [5, 5.41) is 18.7. The van der Waals surface area contributed by atoms with Crippen molar-refractivity contribution in [2.24, 2.45) is 0 Å². The summed E-state index contributed by atoms with van der Waals surface area (Å²) in [6.45, 7) is 4.53. The topological polar surface area (TPSA) is 174 Å². The van der Waals surface area contributed by atoms with Crippen molar-refractivity contribution in [3.05, 3.63) is 266 Å². The normalized spacial score (nSPS) is 11.9. The van der Waals surface area contributed by atoms with Crippen LogP contribution < -0.4 is 18.9 Å². The average molecular weight is 1080 g/mol. The maximum absolute atomic E-state index is 11.8. The molecule has 8 aromatic rings. The van der Waals surface area contributed by atoms with E-state index < -0.39 is 21.2 Å². The number of nitrogens with zero attached hydrogens (tertiary/aromatic N) is 2. The van der Waals surface area contributed by atoms with Crippen LogP contribution in [0.2, 0.25) is 0 Å². The maximum Gasteiger partial charge on any atom is 0.362 e. The van der Waals surface area contributed by atoms with Crippen molar-refractivity contribution in [2.75, 3.05) is 41.8 Å². The van der Waals surface area contributed by atoms with Gasteiger partial charge in [0.25, 0.3) is 5.78 Å². The molecule has 0 heterocycles. The van der Waals surface area contributed by atoms with Gasteiger partial charge in [-0.25, -0.2) is 8.42 Å². The van der Waals surface area contributed by atoms with E-state index >= 15 is 0 Å². The van der Waals surface area contributed by atoms with Gasteiger partial charge in [0.05, 0.1) is 46.5 Å². The number of allylic oxidation sites excluding steroid dienone is 1. The van der Waals surface area contributed by atoms with Crippen LogP contribution >= 0.6 is 0 Å². The highest BCUT2D eigenvalue weighted by Crippen LogP contribution is 2.43. The molecule has 79 heavy (non-hydrogen) atoms. The van der Waals surface area contributed by atoms with E-state index in [2.05, 4.69) is 91.4 Å². The SMILES string of the molecule is C.COc1ccc(C(OC)(c2ccc(OC)cc2)c2ccc(C(C)(C)c3ccc(CO)cc3)cc2)cc1.COc1ccc(C(c2ccc(CO)cc2)c2ccc(OC)cc2)cc1.CS(=O)(=O)c1cccc2c1C=CC(=[N+]=[N-])C2=O. The van der Waals surface area contributed by atoms with Crippen LogP contribution in [0.4, 0.5) is 0 Å². The van der Waals surface area contributed by atoms with E-state index in [1.807, 2.05) is 97.1 Å². The van der Waals surface area contributed by atoms with Crippen molar-refractivity contribution < 1.29 is 51.9 Å². The number of aliphatic hydroxyl groups is 2. The first kappa shape index (κ1) is 59.8. The Morgan fingerprint density at radius 3 is 1.20 bits per heavy atom. The third-order valence-corrected chi connectivity index (χ3v) is 15.2. The second-order valence-corrected chi connectivity index (χ2v) is 20.9. The number of hydrogen-bond donors (Lipinski definition) is 2. The lowest BCUT2D eigenvalue weighted by Crippen LogP contribution is -2.32. The maximum atomic E-state index is 11.8. The van der Waals surface area contributed by atoms with Crippen molar-refractivity contribution in [1.82, 2.24) is 0 Å². The molecule has 0 aliphatic heterocycles. The van der Waals surface area contributed by atoms with Crippen molar-refractivity contribution in [1.29, 1.82) is 0 Å². The largest absolute Gasteiger partial charge is 0.497 e. The molecule has 408 valence electrons. The van der Waals surface area contributed by atoms with Gasteiger partial charge in [0.1, 0.15) is 28.6 Å². The van der Waals surface area contributed by atoms with Crippen LogP contribution in [-0.2, 0) is 38.8 Å². The van der Waals surface area contributed by atoms with Crippen molar-refractivity contribution >= 4 is 27.4 Å². The van der Waals surface area contributed by atoms with Gasteiger partial charge in [-0.05, 0) is 116 Å². The summed E-state index contributed by atoms with van der Waals surface area (Å²) in [4.78, 5) is 14.7. The summed E-state index contributed by atoms with van der Waals surface area (Å²) in [6.07, 6.45) is 3.83. The second kappa shape index (κ2) is 26.8. The molecule has 0 bridgehead atoms. The molecule has 13 heteroatoms. The van der Waals surface area contributed by atoms with Gasteiger partial charge >= 0.3 is 5.71 Å². The number of carbonyl (C=O) groups is 1. The molecular weight excluding hydrogens is 1010 g/mol. The molecule has 0 saturated heterocycles. The van der Waals surface area contributed by atoms with Crippen LogP contribution in [-0.4, -0.2) is 76.7 Å². The fourth-order valence-corrected chi connectivity index (χ4v) is 10.4. The first-order chi connectivity index (χ1) is 37.6. The van der Waals surface area contributed by atoms with Crippen molar-refractivity contribution in [3.8, 4) is 23.0 Å². The molecule has 0 amide bonds. The Hall–Kier alpha value is -8.42. The predicted octanol–water partition coefficient (Wildman–Crippen LogP) is 12.4. The first-order valence-corrected chi connectivity index (χ1v) is 26.9. The Morgan fingerprint density at radius 1 is 0.506 bits per heavy atom. The molecule has 0 radical (unpaired) electrons. The Labute approximate surface area is 464 Å². The third-order valence-electron chi connectivity index (χ3n) is 14.0. The number of aliphatic hydroxyl groups excluding tert-OH is 2. The van der Waals surface area contributed by atoms with Crippen LogP contribution in [0.3, 0.4) is 0 Å². The molecule has 0 fully saturated rings. The van der Waals surface area contributed by atoms with Gasteiger partial charge in [0.2, 0.25) is 0 Å². The molecule has 0 saturated carbocycles. The lowest BCUT2D eigenvalue weighted by Gasteiger charge is -2.35. The summed E-state index contributed by atoms with van der Waals surface area (Å²) >= 11 is 0. The Morgan fingerprint density at radius 2 is 0.848 bits per heavy atom. The van der Waals surface area contributed by atoms with E-state index in [-0.39, 0.29) is 48.1 Å². The minimum Gasteiger partial charge on any atom is -0.497 e. The zero-order chi connectivity index (χ0) is 56.0. The number of rotatable bonds is 16. The molecule has 12 nitrogen and oxygen atoms in total. The van der Waals surface area contributed by atoms with Gasteiger partial charge in [0.15, 0.2) is 9.84 Å². The molecule has 0 aromatic heterocycles. The summed E-state index contributed by atoms with van der Waals surface area (Å²) in [5.74, 6) is 2.88. The zero-order valence-corrected chi connectivity index (χ0v) is 45.8. The van der Waals surface area contributed by atoms with Crippen LogP contribution in [0.5, 0.6) is 23.0 Å². The Balaban J connectivity index is 0.000000204. The van der Waals surface area contributed by atoms with E-state index in [1.54, 1.807) is 35.5 Å². The van der Waals surface area contributed by atoms with Crippen LogP contribution in [0.25, 0.3) is 11.6 Å². The minimum atomic E-state index is -3.40. The number of carbonyl (C=O) groups excluding carboxylic acids is 1. The van der Waals surface area contributed by atoms with Gasteiger partial charge in [-0.1, -0.05) is 155 Å². The standard InChI is InChI=1S/C32H34O4.C22H22O3.C11H8N2O3S.CH4/c1-31(2,24-8-6-23(22-33)7-9-24)25-10-12-26(13-11-25)32(36-5,27-14-18-29(34-3)19-15-27)28-16-20-30(35-4)21-17-28;1-24-20-11-7-18(8-12-20)22(17-5-3-16(15-23)4-6-17)19-9-13-21(25-2)14-10-19;1-17(15,16)10-4-2-3-8-7(10)5-6-9(13-12)11(8)14;/h6-21,33H,22H2,1-5H3;3-14,22-23H,15H2,1-2H3;2-6H,1H3;1H4. The smallest absolute Gasteiger partial charge is 0.362 e. The van der Waals surface area contributed by atoms with E-state index in [1.165, 1.54) is 58.2 Å². The Bertz CT molecular complexity index is 3320. The Kier molecular flexibility index (Phi) is 20.3. The minimum absolute atomic E-state index is 0. The number of benzene rings is 8. The third kappa shape index (κ3) is 13.5. The zero-order valence-electron chi connectivity index (χ0n) is 45.0. The van der Waals surface area contributed by atoms with Crippen molar-refractivity contribution in [2.45, 2.75) is 56.3 Å². The fourth-order valence-electron chi connectivity index (χ4n) is 9.50. The van der Waals surface area contributed by atoms with Crippen LogP contribution in [0.1, 0.15) is 98.7 Å². The highest BCUT2D eigenvalue weighted by molar-refractivity contribution is 7.90. The molecule has 2 N–H and O–H groups in total. The second-order valence-electron chi connectivity index (χ2n) is 18.9. The first-order valence-electron chi connectivity index (χ1n) is 25.0. The number of Topliss-reactive ketones (excluding diaryl/α,β-unsaturated/α-hetero) is 1. The number of methoxy groups -OCH3 is 5. The molecule has 1 aliphatic carbocycles. The van der Waals surface area contributed by atoms with Gasteiger partial charge in [-0.15, -0.1) is 0 Å². The number of fused-ring (bicyclic) bond motifs is 1. The molecule has 0 atom stereocenters. The number of ketones is 1. The highest BCUT2D eigenvalue weighted by atomic mass is 32.2. The van der Waals surface area contributed by atoms with Gasteiger partial charge in [-0.3, -0.25) is 4.79 Å². The van der Waals surface area contributed by atoms with E-state index in [9.17, 15) is 23.4 Å². The average Bonchev–Trinajstić information content (AvgIpc) is 3.49. The summed E-state index contributed by atoms with van der Waals surface area (Å²) < 4.78 is 50.8. The summed E-state index contributed by atoms with van der Waals surface area (Å²) in [7, 11) is 5.02. The number of sulfone groups is 1. The van der Waals surface area contributed by atoms with E-state index in [0.717, 1.165) is 57.1 Å². The molecular formula is C66H68N2O10S. The fraction of sp³-hybridized carbons (Fsp3) is 0.212. The van der Waals surface area contributed by atoms with E-state index in [0.29, 0.717) is 5.56 Å². The van der Waals surface area contributed by atoms with Gasteiger partial charge in [-0.2, -0.15) is 4.79 Å². The molecule has 0 unspecified atom stereocenters. The van der Waals surface area contributed by atoms with Gasteiger partial charge in [0, 0.05) is 41.9 Å². The lowest BCUT2D eigenvalue weighted by atomic mass is 9.75.